The van der Waals surface area contributed by atoms with Crippen molar-refractivity contribution in [2.45, 2.75) is 72.1 Å². The monoisotopic (exact) mass is 884 g/mol. The first-order valence-corrected chi connectivity index (χ1v) is 23.0. The van der Waals surface area contributed by atoms with E-state index in [1.165, 1.54) is 35.3 Å². The number of hydrogen-bond acceptors (Lipinski definition) is 9. The molecule has 326 valence electrons. The molecular weight excluding hydrogens is 832 g/mol. The summed E-state index contributed by atoms with van der Waals surface area (Å²) in [7, 11) is -2.87. The van der Waals surface area contributed by atoms with Crippen molar-refractivity contribution in [3.63, 3.8) is 0 Å². The van der Waals surface area contributed by atoms with Gasteiger partial charge in [-0.05, 0) is 72.4 Å². The molecule has 12 nitrogen and oxygen atoms in total. The van der Waals surface area contributed by atoms with Gasteiger partial charge in [-0.25, -0.2) is 24.5 Å². The Bertz CT molecular complexity index is 2460. The van der Waals surface area contributed by atoms with Crippen molar-refractivity contribution >= 4 is 71.4 Å². The van der Waals surface area contributed by atoms with E-state index in [4.69, 9.17) is 30.5 Å². The number of benzene rings is 4. The molecule has 0 fully saturated rings. The van der Waals surface area contributed by atoms with Crippen LogP contribution in [-0.4, -0.2) is 60.1 Å². The van der Waals surface area contributed by atoms with Crippen molar-refractivity contribution in [1.82, 2.24) is 15.0 Å². The van der Waals surface area contributed by atoms with Crippen molar-refractivity contribution in [1.29, 1.82) is 0 Å². The summed E-state index contributed by atoms with van der Waals surface area (Å²) in [5.74, 6) is -0.103. The van der Waals surface area contributed by atoms with Gasteiger partial charge in [0, 0.05) is 30.7 Å². The fourth-order valence-electron chi connectivity index (χ4n) is 7.24. The molecule has 0 bridgehead atoms. The number of carbonyl (C=O) groups excluding carboxylic acids is 3. The van der Waals surface area contributed by atoms with Gasteiger partial charge in [-0.3, -0.25) is 14.7 Å². The van der Waals surface area contributed by atoms with Crippen molar-refractivity contribution in [3.8, 4) is 11.3 Å². The zero-order valence-corrected chi connectivity index (χ0v) is 38.4. The Morgan fingerprint density at radius 2 is 1.38 bits per heavy atom. The molecule has 0 atom stereocenters. The Morgan fingerprint density at radius 3 is 1.97 bits per heavy atom. The molecule has 0 aliphatic carbocycles. The van der Waals surface area contributed by atoms with E-state index in [9.17, 15) is 14.4 Å². The van der Waals surface area contributed by atoms with E-state index in [0.29, 0.717) is 35.0 Å². The molecule has 0 unspecified atom stereocenters. The Kier molecular flexibility index (Phi) is 14.8. The van der Waals surface area contributed by atoms with Gasteiger partial charge in [0.2, 0.25) is 5.91 Å². The third-order valence-corrected chi connectivity index (χ3v) is 15.2. The van der Waals surface area contributed by atoms with Gasteiger partial charge < -0.3 is 19.2 Å². The van der Waals surface area contributed by atoms with Gasteiger partial charge in [0.1, 0.15) is 18.0 Å². The normalized spacial score (nSPS) is 11.7. The second-order valence-corrected chi connectivity index (χ2v) is 21.6. The number of pyridine rings is 1. The molecule has 0 spiro atoms. The maximum Gasteiger partial charge on any atom is 0.420 e. The Balaban J connectivity index is 1.38. The molecule has 0 saturated heterocycles. The second kappa shape index (κ2) is 20.2. The molecule has 0 saturated carbocycles. The number of aromatic nitrogens is 3. The zero-order valence-electron chi connectivity index (χ0n) is 36.7. The van der Waals surface area contributed by atoms with Crippen LogP contribution in [0.1, 0.15) is 60.5 Å². The first-order valence-electron chi connectivity index (χ1n) is 20.7. The highest BCUT2D eigenvalue weighted by Crippen LogP contribution is 2.37. The van der Waals surface area contributed by atoms with Crippen LogP contribution in [0.3, 0.4) is 0 Å². The van der Waals surface area contributed by atoms with E-state index >= 15 is 0 Å². The molecule has 0 radical (unpaired) electrons. The molecule has 4 aromatic carbocycles. The van der Waals surface area contributed by atoms with E-state index in [-0.39, 0.29) is 41.4 Å². The van der Waals surface area contributed by atoms with Gasteiger partial charge in [-0.2, -0.15) is 0 Å². The predicted molar refractivity (Wildman–Crippen MR) is 252 cm³/mol. The summed E-state index contributed by atoms with van der Waals surface area (Å²) in [5, 5.41) is 5.22. The number of rotatable bonds is 14. The van der Waals surface area contributed by atoms with Crippen LogP contribution >= 0.6 is 11.6 Å². The maximum absolute atomic E-state index is 14.2. The van der Waals surface area contributed by atoms with Crippen LogP contribution in [0.25, 0.3) is 11.3 Å². The molecule has 2 heterocycles. The highest BCUT2D eigenvalue weighted by atomic mass is 35.5. The fraction of sp³-hybridized carbons (Fsp3) is 0.265. The lowest BCUT2D eigenvalue weighted by molar-refractivity contribution is -0.114. The molecule has 6 rings (SSSR count). The summed E-state index contributed by atoms with van der Waals surface area (Å²) in [6, 6.07) is 38.6. The van der Waals surface area contributed by atoms with Crippen molar-refractivity contribution in [3.05, 3.63) is 151 Å². The third kappa shape index (κ3) is 11.5. The summed E-state index contributed by atoms with van der Waals surface area (Å²) < 4.78 is 18.9. The number of ether oxygens (including phenoxy) is 2. The summed E-state index contributed by atoms with van der Waals surface area (Å²) in [6.07, 6.45) is 3.52. The lowest BCUT2D eigenvalue weighted by atomic mass is 10.1. The smallest absolute Gasteiger partial charge is 0.420 e. The van der Waals surface area contributed by atoms with Crippen LogP contribution in [0.5, 0.6) is 0 Å². The number of nitrogens with one attached hydrogen (secondary N) is 1. The molecule has 14 heteroatoms. The van der Waals surface area contributed by atoms with Crippen molar-refractivity contribution < 1.29 is 28.3 Å². The Hall–Kier alpha value is -6.41. The lowest BCUT2D eigenvalue weighted by Gasteiger charge is -2.43. The first-order chi connectivity index (χ1) is 30.1. The fourth-order valence-corrected chi connectivity index (χ4v) is 12.0. The molecule has 63 heavy (non-hydrogen) atoms. The average molecular weight is 886 g/mol. The minimum Gasteiger partial charge on any atom is -0.444 e. The highest BCUT2D eigenvalue weighted by molar-refractivity contribution is 6.99. The van der Waals surface area contributed by atoms with Gasteiger partial charge in [-0.15, -0.1) is 0 Å². The topological polar surface area (TPSA) is 136 Å². The third-order valence-electron chi connectivity index (χ3n) is 9.94. The zero-order chi connectivity index (χ0) is 45.2. The summed E-state index contributed by atoms with van der Waals surface area (Å²) >= 11 is 6.37. The highest BCUT2D eigenvalue weighted by Gasteiger charge is 2.50. The quantitative estimate of drug-likeness (QED) is 0.0837. The van der Waals surface area contributed by atoms with E-state index in [2.05, 4.69) is 60.3 Å². The largest absolute Gasteiger partial charge is 0.444 e. The molecule has 0 aliphatic heterocycles. The Labute approximate surface area is 375 Å². The number of amides is 3. The average Bonchev–Trinajstić information content (AvgIpc) is 3.24. The summed E-state index contributed by atoms with van der Waals surface area (Å²) in [4.78, 5) is 57.2. The number of nitrogens with zero attached hydrogens (tertiary/aromatic N) is 5. The van der Waals surface area contributed by atoms with Crippen molar-refractivity contribution in [2.24, 2.45) is 0 Å². The number of hydrogen-bond donors (Lipinski definition) is 1. The molecule has 2 aromatic heterocycles. The van der Waals surface area contributed by atoms with Gasteiger partial charge in [-0.1, -0.05) is 129 Å². The number of anilines is 4. The SMILES string of the molecule is CC(=O)Nc1ncc(N(CCCO[Si](c2ccccc2)(c2ccccc2)C(C)(C)C)C(=O)OCc2ccccc2)cc1-c1cncc(N(C(=O)OC(C)(C)C)c2cccc(Cl)c2)n1. The Morgan fingerprint density at radius 1 is 0.746 bits per heavy atom. The van der Waals surface area contributed by atoms with E-state index in [1.807, 2.05) is 66.7 Å². The van der Waals surface area contributed by atoms with Gasteiger partial charge >= 0.3 is 12.2 Å². The molecule has 3 amide bonds. The van der Waals surface area contributed by atoms with Gasteiger partial charge in [0.25, 0.3) is 8.32 Å². The maximum atomic E-state index is 14.2. The van der Waals surface area contributed by atoms with E-state index in [1.54, 1.807) is 51.1 Å². The van der Waals surface area contributed by atoms with Crippen LogP contribution in [0.2, 0.25) is 10.1 Å². The molecule has 0 aliphatic rings. The molecule has 6 aromatic rings. The first kappa shape index (κ1) is 46.1. The molecular formula is C49H53ClN6O6Si. The second-order valence-electron chi connectivity index (χ2n) is 16.9. The minimum absolute atomic E-state index is 0.0382. The van der Waals surface area contributed by atoms with Crippen LogP contribution in [0.4, 0.5) is 32.6 Å². The summed E-state index contributed by atoms with van der Waals surface area (Å²) in [5.41, 5.74) is 1.32. The van der Waals surface area contributed by atoms with Crippen molar-refractivity contribution in [2.75, 3.05) is 28.3 Å². The minimum atomic E-state index is -2.87. The van der Waals surface area contributed by atoms with Gasteiger partial charge in [0.15, 0.2) is 5.82 Å². The van der Waals surface area contributed by atoms with E-state index < -0.39 is 26.1 Å². The number of halogens is 1. The standard InChI is InChI=1S/C49H53ClN6O6Si/c1-35(57)53-45-42(43-32-51-33-44(54-43)56(47(59)62-48(2,3)4)38-22-17-21-37(50)29-38)30-39(31-52-45)55(46(58)60-34-36-19-11-8-12-20-36)27-18-28-61-63(49(5,6)7,40-23-13-9-14-24-40)41-25-15-10-16-26-41/h8-17,19-26,29-33H,18,27-28,34H2,1-7H3,(H,52,53,57). The number of carbonyl (C=O) groups is 3. The lowest BCUT2D eigenvalue weighted by Crippen LogP contribution is -2.66. The van der Waals surface area contributed by atoms with E-state index in [0.717, 1.165) is 15.9 Å². The van der Waals surface area contributed by atoms with Gasteiger partial charge in [0.05, 0.1) is 35.7 Å². The van der Waals surface area contributed by atoms with Crippen LogP contribution < -0.4 is 25.5 Å². The van der Waals surface area contributed by atoms with Crippen LogP contribution in [0.15, 0.2) is 140 Å². The predicted octanol–water partition coefficient (Wildman–Crippen LogP) is 10.3. The molecule has 1 N–H and O–H groups in total. The van der Waals surface area contributed by atoms with Crippen LogP contribution in [-0.2, 0) is 25.3 Å². The summed E-state index contributed by atoms with van der Waals surface area (Å²) in [6.45, 7) is 13.9. The van der Waals surface area contributed by atoms with Crippen LogP contribution in [0, 0.1) is 0 Å².